The summed E-state index contributed by atoms with van der Waals surface area (Å²) in [4.78, 5) is 10.7. The zero-order chi connectivity index (χ0) is 12.3. The van der Waals surface area contributed by atoms with Gasteiger partial charge in [-0.2, -0.15) is 0 Å². The van der Waals surface area contributed by atoms with Crippen molar-refractivity contribution >= 4 is 16.0 Å². The van der Waals surface area contributed by atoms with Crippen LogP contribution in [0.1, 0.15) is 19.8 Å². The lowest BCUT2D eigenvalue weighted by Gasteiger charge is -2.19. The van der Waals surface area contributed by atoms with Crippen molar-refractivity contribution in [3.05, 3.63) is 0 Å². The fourth-order valence-corrected chi connectivity index (χ4v) is 3.28. The normalized spacial score (nSPS) is 24.5. The molecule has 1 aliphatic heterocycles. The van der Waals surface area contributed by atoms with Gasteiger partial charge in [0.15, 0.2) is 5.25 Å². The van der Waals surface area contributed by atoms with Crippen LogP contribution >= 0.6 is 0 Å². The molecule has 7 heteroatoms. The molecule has 1 rings (SSSR count). The largest absolute Gasteiger partial charge is 0.480 e. The Morgan fingerprint density at radius 3 is 2.69 bits per heavy atom. The van der Waals surface area contributed by atoms with Crippen LogP contribution in [0.25, 0.3) is 0 Å². The van der Waals surface area contributed by atoms with Gasteiger partial charge in [-0.1, -0.05) is 0 Å². The second kappa shape index (κ2) is 5.11. The fraction of sp³-hybridized carbons (Fsp3) is 0.889. The van der Waals surface area contributed by atoms with Crippen molar-refractivity contribution in [2.45, 2.75) is 25.0 Å². The molecule has 2 atom stereocenters. The van der Waals surface area contributed by atoms with E-state index < -0.39 is 21.2 Å². The Kier molecular flexibility index (Phi) is 4.28. The van der Waals surface area contributed by atoms with E-state index in [9.17, 15) is 13.2 Å². The average molecular weight is 251 g/mol. The van der Waals surface area contributed by atoms with Crippen molar-refractivity contribution in [2.75, 3.05) is 19.7 Å². The Bertz CT molecular complexity index is 353. The standard InChI is InChI=1S/C9H17NO5S/c1-7(9(12)13)16(14,15)10-4-2-8(6-10)3-5-11/h7-8,11H,2-6H2,1H3,(H,12,13). The summed E-state index contributed by atoms with van der Waals surface area (Å²) in [5, 5.41) is 16.1. The van der Waals surface area contributed by atoms with Gasteiger partial charge in [-0.15, -0.1) is 0 Å². The minimum Gasteiger partial charge on any atom is -0.480 e. The zero-order valence-electron chi connectivity index (χ0n) is 9.16. The lowest BCUT2D eigenvalue weighted by Crippen LogP contribution is -2.39. The molecule has 1 fully saturated rings. The van der Waals surface area contributed by atoms with Gasteiger partial charge < -0.3 is 10.2 Å². The molecular weight excluding hydrogens is 234 g/mol. The molecule has 0 spiro atoms. The van der Waals surface area contributed by atoms with Crippen molar-refractivity contribution in [1.29, 1.82) is 0 Å². The fourth-order valence-electron chi connectivity index (χ4n) is 1.80. The molecule has 2 N–H and O–H groups in total. The molecule has 16 heavy (non-hydrogen) atoms. The second-order valence-electron chi connectivity index (χ2n) is 4.05. The number of aliphatic hydroxyl groups excluding tert-OH is 1. The first-order valence-corrected chi connectivity index (χ1v) is 6.72. The van der Waals surface area contributed by atoms with Crippen molar-refractivity contribution in [3.8, 4) is 0 Å². The highest BCUT2D eigenvalue weighted by molar-refractivity contribution is 7.90. The maximum Gasteiger partial charge on any atom is 0.323 e. The molecule has 0 aliphatic carbocycles. The molecule has 0 radical (unpaired) electrons. The van der Waals surface area contributed by atoms with Gasteiger partial charge in [-0.25, -0.2) is 12.7 Å². The molecule has 1 saturated heterocycles. The minimum absolute atomic E-state index is 0.0348. The van der Waals surface area contributed by atoms with Gasteiger partial charge in [-0.3, -0.25) is 4.79 Å². The maximum absolute atomic E-state index is 11.8. The molecular formula is C9H17NO5S. The van der Waals surface area contributed by atoms with Crippen molar-refractivity contribution in [3.63, 3.8) is 0 Å². The van der Waals surface area contributed by atoms with E-state index in [0.717, 1.165) is 0 Å². The lowest BCUT2D eigenvalue weighted by atomic mass is 10.1. The molecule has 94 valence electrons. The monoisotopic (exact) mass is 251 g/mol. The Labute approximate surface area is 94.9 Å². The van der Waals surface area contributed by atoms with Crippen LogP contribution in [0.5, 0.6) is 0 Å². The highest BCUT2D eigenvalue weighted by atomic mass is 32.2. The number of sulfonamides is 1. The van der Waals surface area contributed by atoms with Crippen LogP contribution in [0.2, 0.25) is 0 Å². The smallest absolute Gasteiger partial charge is 0.323 e. The molecule has 0 aromatic heterocycles. The van der Waals surface area contributed by atoms with Gasteiger partial charge >= 0.3 is 5.97 Å². The summed E-state index contributed by atoms with van der Waals surface area (Å²) in [7, 11) is -3.74. The molecule has 6 nitrogen and oxygen atoms in total. The Morgan fingerprint density at radius 2 is 2.19 bits per heavy atom. The van der Waals surface area contributed by atoms with Gasteiger partial charge in [0.25, 0.3) is 0 Å². The van der Waals surface area contributed by atoms with E-state index in [1.54, 1.807) is 0 Å². The van der Waals surface area contributed by atoms with Gasteiger partial charge in [0.05, 0.1) is 0 Å². The molecule has 2 unspecified atom stereocenters. The second-order valence-corrected chi connectivity index (χ2v) is 6.30. The average Bonchev–Trinajstić information content (AvgIpc) is 2.66. The van der Waals surface area contributed by atoms with Crippen molar-refractivity contribution < 1.29 is 23.4 Å². The zero-order valence-corrected chi connectivity index (χ0v) is 9.98. The topological polar surface area (TPSA) is 94.9 Å². The minimum atomic E-state index is -3.74. The van der Waals surface area contributed by atoms with E-state index in [2.05, 4.69) is 0 Å². The third kappa shape index (κ3) is 2.72. The maximum atomic E-state index is 11.8. The highest BCUT2D eigenvalue weighted by Crippen LogP contribution is 2.23. The number of rotatable bonds is 5. The Morgan fingerprint density at radius 1 is 1.56 bits per heavy atom. The quantitative estimate of drug-likeness (QED) is 0.686. The van der Waals surface area contributed by atoms with Crippen LogP contribution in [0, 0.1) is 5.92 Å². The van der Waals surface area contributed by atoms with Gasteiger partial charge in [0.1, 0.15) is 0 Å². The van der Waals surface area contributed by atoms with Crippen molar-refractivity contribution in [2.24, 2.45) is 5.92 Å². The third-order valence-electron chi connectivity index (χ3n) is 2.94. The number of nitrogens with zero attached hydrogens (tertiary/aromatic N) is 1. The summed E-state index contributed by atoms with van der Waals surface area (Å²) in [5.74, 6) is -1.19. The first-order chi connectivity index (χ1) is 7.39. The number of carboxylic acids is 1. The van der Waals surface area contributed by atoms with Crippen LogP contribution in [0.3, 0.4) is 0 Å². The van der Waals surface area contributed by atoms with E-state index >= 15 is 0 Å². The van der Waals surface area contributed by atoms with Crippen LogP contribution in [0.15, 0.2) is 0 Å². The molecule has 0 bridgehead atoms. The number of hydrogen-bond acceptors (Lipinski definition) is 4. The summed E-state index contributed by atoms with van der Waals surface area (Å²) in [6.07, 6.45) is 1.25. The number of carboxylic acid groups (broad SMARTS) is 1. The Balaban J connectivity index is 2.69. The first-order valence-electron chi connectivity index (χ1n) is 5.22. The van der Waals surface area contributed by atoms with Gasteiger partial charge in [-0.05, 0) is 25.7 Å². The van der Waals surface area contributed by atoms with E-state index in [4.69, 9.17) is 10.2 Å². The number of hydrogen-bond donors (Lipinski definition) is 2. The van der Waals surface area contributed by atoms with Crippen LogP contribution in [-0.2, 0) is 14.8 Å². The van der Waals surface area contributed by atoms with E-state index in [1.807, 2.05) is 0 Å². The molecule has 1 heterocycles. The van der Waals surface area contributed by atoms with E-state index in [1.165, 1.54) is 11.2 Å². The summed E-state index contributed by atoms with van der Waals surface area (Å²) in [6.45, 7) is 1.88. The summed E-state index contributed by atoms with van der Waals surface area (Å²) >= 11 is 0. The predicted molar refractivity (Wildman–Crippen MR) is 57.4 cm³/mol. The summed E-state index contributed by atoms with van der Waals surface area (Å²) in [6, 6.07) is 0. The van der Waals surface area contributed by atoms with Crippen molar-refractivity contribution in [1.82, 2.24) is 4.31 Å². The first kappa shape index (κ1) is 13.4. The molecule has 0 saturated carbocycles. The number of carbonyl (C=O) groups is 1. The molecule has 1 aliphatic rings. The lowest BCUT2D eigenvalue weighted by molar-refractivity contribution is -0.136. The predicted octanol–water partition coefficient (Wildman–Crippen LogP) is -0.506. The summed E-state index contributed by atoms with van der Waals surface area (Å²) < 4.78 is 24.8. The van der Waals surface area contributed by atoms with Crippen LogP contribution < -0.4 is 0 Å². The van der Waals surface area contributed by atoms with Gasteiger partial charge in [0.2, 0.25) is 10.0 Å². The summed E-state index contributed by atoms with van der Waals surface area (Å²) in [5.41, 5.74) is 0. The number of aliphatic carboxylic acids is 1. The number of aliphatic hydroxyl groups is 1. The third-order valence-corrected chi connectivity index (χ3v) is 5.09. The van der Waals surface area contributed by atoms with Crippen LogP contribution in [-0.4, -0.2) is 53.9 Å². The highest BCUT2D eigenvalue weighted by Gasteiger charge is 2.37. The molecule has 0 aromatic carbocycles. The van der Waals surface area contributed by atoms with Crippen LogP contribution in [0.4, 0.5) is 0 Å². The SMILES string of the molecule is CC(C(=O)O)S(=O)(=O)N1CCC(CCO)C1. The van der Waals surface area contributed by atoms with E-state index in [0.29, 0.717) is 25.9 Å². The Hall–Kier alpha value is -0.660. The molecule has 0 amide bonds. The van der Waals surface area contributed by atoms with E-state index in [-0.39, 0.29) is 12.5 Å². The van der Waals surface area contributed by atoms with Gasteiger partial charge in [0, 0.05) is 19.7 Å². The molecule has 0 aromatic rings.